The number of fused-ring (bicyclic) bond motifs is 1. The Hall–Kier alpha value is -1.86. The second kappa shape index (κ2) is 8.66. The van der Waals surface area contributed by atoms with E-state index in [1.807, 2.05) is 6.07 Å². The molecule has 0 saturated carbocycles. The van der Waals surface area contributed by atoms with E-state index in [0.717, 1.165) is 60.3 Å². The van der Waals surface area contributed by atoms with Crippen molar-refractivity contribution in [2.45, 2.75) is 64.2 Å². The number of nitrogens with zero attached hydrogens (tertiary/aromatic N) is 4. The van der Waals surface area contributed by atoms with E-state index in [1.54, 1.807) is 11.3 Å². The van der Waals surface area contributed by atoms with Gasteiger partial charge in [0.25, 0.3) is 0 Å². The van der Waals surface area contributed by atoms with Crippen LogP contribution in [-0.4, -0.2) is 30.9 Å². The molecule has 148 valence electrons. The van der Waals surface area contributed by atoms with Crippen molar-refractivity contribution < 1.29 is 4.79 Å². The highest BCUT2D eigenvalue weighted by atomic mass is 32.2. The molecule has 0 fully saturated rings. The Labute approximate surface area is 174 Å². The standard InChI is InChI=1S/C21H26N4OS2/c1-15-13-18(16(2)24(15)11-9-17-7-6-12-27-17)19(26)14-28-21-23-22-20-8-4-3-5-10-25(20)21/h6-7,12-13H,3-5,8-11,14H2,1-2H3. The molecule has 0 aliphatic carbocycles. The van der Waals surface area contributed by atoms with Gasteiger partial charge < -0.3 is 9.13 Å². The molecule has 4 heterocycles. The number of thiophene rings is 1. The fourth-order valence-corrected chi connectivity index (χ4v) is 5.44. The molecule has 0 spiro atoms. The highest BCUT2D eigenvalue weighted by Crippen LogP contribution is 2.24. The maximum Gasteiger partial charge on any atom is 0.191 e. The van der Waals surface area contributed by atoms with Crippen molar-refractivity contribution in [3.63, 3.8) is 0 Å². The highest BCUT2D eigenvalue weighted by Gasteiger charge is 2.19. The van der Waals surface area contributed by atoms with Crippen molar-refractivity contribution in [3.8, 4) is 0 Å². The molecule has 0 aromatic carbocycles. The van der Waals surface area contributed by atoms with Crippen LogP contribution in [0.2, 0.25) is 0 Å². The number of rotatable bonds is 7. The van der Waals surface area contributed by atoms with Crippen LogP contribution in [0.3, 0.4) is 0 Å². The third-order valence-electron chi connectivity index (χ3n) is 5.44. The van der Waals surface area contributed by atoms with E-state index < -0.39 is 0 Å². The number of carbonyl (C=O) groups excluding carboxylic acids is 1. The Kier molecular flexibility index (Phi) is 6.01. The first-order valence-corrected chi connectivity index (χ1v) is 11.8. The summed E-state index contributed by atoms with van der Waals surface area (Å²) in [7, 11) is 0. The van der Waals surface area contributed by atoms with Crippen LogP contribution in [0, 0.1) is 13.8 Å². The Morgan fingerprint density at radius 1 is 1.25 bits per heavy atom. The van der Waals surface area contributed by atoms with Crippen molar-refractivity contribution >= 4 is 28.9 Å². The highest BCUT2D eigenvalue weighted by molar-refractivity contribution is 7.99. The molecule has 3 aromatic rings. The number of aromatic nitrogens is 4. The van der Waals surface area contributed by atoms with Gasteiger partial charge in [-0.25, -0.2) is 0 Å². The molecule has 0 N–H and O–H groups in total. The van der Waals surface area contributed by atoms with E-state index in [1.165, 1.54) is 29.5 Å². The molecule has 7 heteroatoms. The average Bonchev–Trinajstić information content (AvgIpc) is 3.35. The Morgan fingerprint density at radius 2 is 2.14 bits per heavy atom. The first kappa shape index (κ1) is 19.5. The second-order valence-corrected chi connectivity index (χ2v) is 9.31. The van der Waals surface area contributed by atoms with Crippen LogP contribution in [0.25, 0.3) is 0 Å². The van der Waals surface area contributed by atoms with Gasteiger partial charge in [-0.05, 0) is 50.6 Å². The van der Waals surface area contributed by atoms with Crippen molar-refractivity contribution in [2.75, 3.05) is 5.75 Å². The van der Waals surface area contributed by atoms with Crippen LogP contribution in [0.15, 0.2) is 28.7 Å². The number of hydrogen-bond acceptors (Lipinski definition) is 5. The first-order valence-electron chi connectivity index (χ1n) is 9.90. The number of aryl methyl sites for hydroxylation is 3. The first-order chi connectivity index (χ1) is 13.6. The second-order valence-electron chi connectivity index (χ2n) is 7.34. The third kappa shape index (κ3) is 4.10. The summed E-state index contributed by atoms with van der Waals surface area (Å²) in [4.78, 5) is 14.3. The van der Waals surface area contributed by atoms with Crippen LogP contribution >= 0.6 is 23.1 Å². The monoisotopic (exact) mass is 414 g/mol. The Morgan fingerprint density at radius 3 is 2.96 bits per heavy atom. The molecular formula is C21H26N4OS2. The molecule has 0 unspecified atom stereocenters. The average molecular weight is 415 g/mol. The number of thioether (sulfide) groups is 1. The third-order valence-corrected chi connectivity index (χ3v) is 7.35. The molecular weight excluding hydrogens is 388 g/mol. The summed E-state index contributed by atoms with van der Waals surface area (Å²) in [5.74, 6) is 1.65. The van der Waals surface area contributed by atoms with Crippen LogP contribution in [0.1, 0.15) is 51.7 Å². The summed E-state index contributed by atoms with van der Waals surface area (Å²) in [6.07, 6.45) is 5.58. The van der Waals surface area contributed by atoms with Gasteiger partial charge in [0, 0.05) is 41.3 Å². The lowest BCUT2D eigenvalue weighted by atomic mass is 10.2. The lowest BCUT2D eigenvalue weighted by Gasteiger charge is -2.09. The summed E-state index contributed by atoms with van der Waals surface area (Å²) < 4.78 is 4.47. The molecule has 0 atom stereocenters. The maximum absolute atomic E-state index is 12.9. The van der Waals surface area contributed by atoms with Crippen LogP contribution in [0.4, 0.5) is 0 Å². The normalized spacial score (nSPS) is 14.1. The summed E-state index contributed by atoms with van der Waals surface area (Å²) in [6.45, 7) is 6.03. The largest absolute Gasteiger partial charge is 0.348 e. The molecule has 0 saturated heterocycles. The van der Waals surface area contributed by atoms with Gasteiger partial charge in [0.1, 0.15) is 5.82 Å². The van der Waals surface area contributed by atoms with E-state index >= 15 is 0 Å². The Balaban J connectivity index is 1.42. The summed E-state index contributed by atoms with van der Waals surface area (Å²) in [5.41, 5.74) is 3.06. The zero-order valence-electron chi connectivity index (χ0n) is 16.5. The predicted molar refractivity (Wildman–Crippen MR) is 115 cm³/mol. The van der Waals surface area contributed by atoms with Gasteiger partial charge in [-0.3, -0.25) is 4.79 Å². The lowest BCUT2D eigenvalue weighted by molar-refractivity contribution is 0.102. The molecule has 3 aromatic heterocycles. The van der Waals surface area contributed by atoms with Gasteiger partial charge in [-0.2, -0.15) is 0 Å². The van der Waals surface area contributed by atoms with E-state index in [9.17, 15) is 4.79 Å². The van der Waals surface area contributed by atoms with Gasteiger partial charge in [-0.1, -0.05) is 24.2 Å². The predicted octanol–water partition coefficient (Wildman–Crippen LogP) is 4.70. The maximum atomic E-state index is 12.9. The fraction of sp³-hybridized carbons (Fsp3) is 0.476. The van der Waals surface area contributed by atoms with Gasteiger partial charge >= 0.3 is 0 Å². The smallest absolute Gasteiger partial charge is 0.191 e. The summed E-state index contributed by atoms with van der Waals surface area (Å²) >= 11 is 3.31. The van der Waals surface area contributed by atoms with Crippen LogP contribution in [0.5, 0.6) is 0 Å². The molecule has 1 aliphatic heterocycles. The number of ketones is 1. The van der Waals surface area contributed by atoms with E-state index in [2.05, 4.69) is 50.7 Å². The Bertz CT molecular complexity index is 956. The molecule has 4 rings (SSSR count). The zero-order chi connectivity index (χ0) is 19.5. The quantitative estimate of drug-likeness (QED) is 0.415. The van der Waals surface area contributed by atoms with Crippen LogP contribution in [-0.2, 0) is 25.9 Å². The molecule has 28 heavy (non-hydrogen) atoms. The number of carbonyl (C=O) groups is 1. The van der Waals surface area contributed by atoms with Gasteiger partial charge in [0.2, 0.25) is 0 Å². The molecule has 1 aliphatic rings. The minimum Gasteiger partial charge on any atom is -0.348 e. The zero-order valence-corrected chi connectivity index (χ0v) is 18.1. The van der Waals surface area contributed by atoms with E-state index in [0.29, 0.717) is 5.75 Å². The van der Waals surface area contributed by atoms with E-state index in [4.69, 9.17) is 0 Å². The summed E-state index contributed by atoms with van der Waals surface area (Å²) in [6, 6.07) is 6.30. The van der Waals surface area contributed by atoms with Gasteiger partial charge in [-0.15, -0.1) is 21.5 Å². The molecule has 0 bridgehead atoms. The number of hydrogen-bond donors (Lipinski definition) is 0. The fourth-order valence-electron chi connectivity index (χ4n) is 3.88. The van der Waals surface area contributed by atoms with E-state index in [-0.39, 0.29) is 5.78 Å². The summed E-state index contributed by atoms with van der Waals surface area (Å²) in [5, 5.41) is 11.7. The molecule has 0 radical (unpaired) electrons. The van der Waals surface area contributed by atoms with Crippen molar-refractivity contribution in [1.82, 2.24) is 19.3 Å². The van der Waals surface area contributed by atoms with Gasteiger partial charge in [0.05, 0.1) is 5.75 Å². The SMILES string of the molecule is Cc1cc(C(=O)CSc2nnc3n2CCCCC3)c(C)n1CCc1cccs1. The van der Waals surface area contributed by atoms with Crippen LogP contribution < -0.4 is 0 Å². The lowest BCUT2D eigenvalue weighted by Crippen LogP contribution is -2.09. The minimum absolute atomic E-state index is 0.173. The number of Topliss-reactive ketones (excluding diaryl/α,β-unsaturated/α-hetero) is 1. The van der Waals surface area contributed by atoms with Crippen molar-refractivity contribution in [2.24, 2.45) is 0 Å². The molecule has 5 nitrogen and oxygen atoms in total. The van der Waals surface area contributed by atoms with Crippen molar-refractivity contribution in [1.29, 1.82) is 0 Å². The molecule has 0 amide bonds. The van der Waals surface area contributed by atoms with Crippen molar-refractivity contribution in [3.05, 3.63) is 51.2 Å². The van der Waals surface area contributed by atoms with Gasteiger partial charge in [0.15, 0.2) is 10.9 Å². The topological polar surface area (TPSA) is 52.7 Å². The minimum atomic E-state index is 0.173.